The van der Waals surface area contributed by atoms with E-state index in [-0.39, 0.29) is 0 Å². The van der Waals surface area contributed by atoms with Gasteiger partial charge in [-0.05, 0) is 29.9 Å². The lowest BCUT2D eigenvalue weighted by Crippen LogP contribution is -2.79. The number of benzene rings is 2. The van der Waals surface area contributed by atoms with Gasteiger partial charge in [0.05, 0.1) is 0 Å². The number of piperidine rings is 1. The van der Waals surface area contributed by atoms with E-state index < -0.39 is 11.1 Å². The van der Waals surface area contributed by atoms with Gasteiger partial charge in [0.1, 0.15) is 11.1 Å². The SMILES string of the molecule is CC1C[C@]2(c3ccccc3)N[C@](c3ccccc3)(C1)C2=O. The first-order valence-corrected chi connectivity index (χ1v) is 7.63. The number of fused-ring (bicyclic) bond motifs is 2. The van der Waals surface area contributed by atoms with Crippen LogP contribution in [-0.2, 0) is 15.9 Å². The largest absolute Gasteiger partial charge is 0.295 e. The van der Waals surface area contributed by atoms with Crippen molar-refractivity contribution in [1.82, 2.24) is 5.32 Å². The average molecular weight is 277 g/mol. The molecule has 0 aromatic heterocycles. The summed E-state index contributed by atoms with van der Waals surface area (Å²) in [6, 6.07) is 20.3. The van der Waals surface area contributed by atoms with E-state index in [0.29, 0.717) is 11.7 Å². The van der Waals surface area contributed by atoms with Crippen molar-refractivity contribution in [1.29, 1.82) is 0 Å². The smallest absolute Gasteiger partial charge is 0.181 e. The van der Waals surface area contributed by atoms with Crippen molar-refractivity contribution in [3.05, 3.63) is 71.8 Å². The first-order chi connectivity index (χ1) is 10.2. The molecule has 5 rings (SSSR count). The highest BCUT2D eigenvalue weighted by atomic mass is 16.1. The van der Waals surface area contributed by atoms with Crippen LogP contribution in [0.25, 0.3) is 0 Å². The van der Waals surface area contributed by atoms with Crippen molar-refractivity contribution in [2.24, 2.45) is 5.92 Å². The zero-order valence-electron chi connectivity index (χ0n) is 12.2. The van der Waals surface area contributed by atoms with E-state index in [9.17, 15) is 4.79 Å². The topological polar surface area (TPSA) is 29.1 Å². The third-order valence-corrected chi connectivity index (χ3v) is 5.04. The van der Waals surface area contributed by atoms with Gasteiger partial charge in [-0.3, -0.25) is 10.1 Å². The van der Waals surface area contributed by atoms with Crippen LogP contribution in [0.2, 0.25) is 0 Å². The highest BCUT2D eigenvalue weighted by Crippen LogP contribution is 2.55. The summed E-state index contributed by atoms with van der Waals surface area (Å²) in [6.07, 6.45) is 1.79. The second-order valence-corrected chi connectivity index (χ2v) is 6.51. The van der Waals surface area contributed by atoms with Crippen molar-refractivity contribution in [3.63, 3.8) is 0 Å². The van der Waals surface area contributed by atoms with Gasteiger partial charge in [-0.15, -0.1) is 0 Å². The summed E-state index contributed by atoms with van der Waals surface area (Å²) in [7, 11) is 0. The molecule has 106 valence electrons. The Hall–Kier alpha value is -1.93. The third kappa shape index (κ3) is 1.60. The normalized spacial score (nSPS) is 34.3. The number of rotatable bonds is 2. The molecule has 0 radical (unpaired) electrons. The predicted octanol–water partition coefficient (Wildman–Crippen LogP) is 3.38. The maximum absolute atomic E-state index is 13.2. The Morgan fingerprint density at radius 1 is 0.857 bits per heavy atom. The van der Waals surface area contributed by atoms with Gasteiger partial charge in [-0.25, -0.2) is 0 Å². The van der Waals surface area contributed by atoms with Gasteiger partial charge in [-0.1, -0.05) is 67.6 Å². The van der Waals surface area contributed by atoms with Crippen molar-refractivity contribution >= 4 is 5.78 Å². The van der Waals surface area contributed by atoms with Crippen molar-refractivity contribution in [3.8, 4) is 0 Å². The Bertz CT molecular complexity index is 624. The Labute approximate surface area is 125 Å². The van der Waals surface area contributed by atoms with E-state index in [1.54, 1.807) is 0 Å². The Morgan fingerprint density at radius 2 is 1.29 bits per heavy atom. The van der Waals surface area contributed by atoms with Gasteiger partial charge >= 0.3 is 0 Å². The maximum Gasteiger partial charge on any atom is 0.181 e. The van der Waals surface area contributed by atoms with E-state index in [4.69, 9.17) is 0 Å². The molecule has 3 fully saturated rings. The van der Waals surface area contributed by atoms with Gasteiger partial charge in [0.25, 0.3) is 0 Å². The molecule has 0 spiro atoms. The van der Waals surface area contributed by atoms with Crippen LogP contribution in [0.1, 0.15) is 30.9 Å². The first kappa shape index (κ1) is 12.8. The van der Waals surface area contributed by atoms with Gasteiger partial charge in [-0.2, -0.15) is 0 Å². The monoisotopic (exact) mass is 277 g/mol. The summed E-state index contributed by atoms with van der Waals surface area (Å²) >= 11 is 0. The molecule has 0 amide bonds. The fourth-order valence-electron chi connectivity index (χ4n) is 4.27. The fourth-order valence-corrected chi connectivity index (χ4v) is 4.27. The number of nitrogens with one attached hydrogen (secondary N) is 1. The number of hydrogen-bond acceptors (Lipinski definition) is 2. The van der Waals surface area contributed by atoms with Crippen LogP contribution >= 0.6 is 0 Å². The standard InChI is InChI=1S/C19H19NO/c1-14-12-18(15-8-4-2-5-9-15)17(21)19(13-14,20-18)16-10-6-3-7-11-16/h2-11,14,20H,12-13H2,1H3/t14?,18-,19+. The summed E-state index contributed by atoms with van der Waals surface area (Å²) in [5.74, 6) is 0.870. The van der Waals surface area contributed by atoms with E-state index >= 15 is 0 Å². The molecule has 21 heavy (non-hydrogen) atoms. The molecule has 2 bridgehead atoms. The Kier molecular flexibility index (Phi) is 2.61. The zero-order chi connectivity index (χ0) is 14.5. The minimum Gasteiger partial charge on any atom is -0.295 e. The van der Waals surface area contributed by atoms with Gasteiger partial charge in [0, 0.05) is 0 Å². The van der Waals surface area contributed by atoms with Crippen molar-refractivity contribution in [2.45, 2.75) is 30.8 Å². The molecular weight excluding hydrogens is 258 g/mol. The van der Waals surface area contributed by atoms with E-state index in [0.717, 1.165) is 24.0 Å². The highest BCUT2D eigenvalue weighted by Gasteiger charge is 2.67. The highest BCUT2D eigenvalue weighted by molar-refractivity contribution is 6.05. The molecule has 2 heterocycles. The number of carbonyl (C=O) groups is 1. The summed E-state index contributed by atoms with van der Waals surface area (Å²) in [6.45, 7) is 2.25. The molecule has 1 unspecified atom stereocenters. The number of hydrogen-bond donors (Lipinski definition) is 1. The van der Waals surface area contributed by atoms with Crippen LogP contribution in [0.5, 0.6) is 0 Å². The minimum absolute atomic E-state index is 0.338. The van der Waals surface area contributed by atoms with Crippen LogP contribution in [-0.4, -0.2) is 5.78 Å². The summed E-state index contributed by atoms with van der Waals surface area (Å²) < 4.78 is 0. The molecule has 1 aliphatic carbocycles. The van der Waals surface area contributed by atoms with Crippen LogP contribution < -0.4 is 5.32 Å². The van der Waals surface area contributed by atoms with Crippen molar-refractivity contribution < 1.29 is 4.79 Å². The molecule has 1 N–H and O–H groups in total. The number of Topliss-reactive ketones (excluding diaryl/α,β-unsaturated/α-hetero) is 1. The molecule has 1 saturated carbocycles. The van der Waals surface area contributed by atoms with Crippen LogP contribution in [0.4, 0.5) is 0 Å². The fraction of sp³-hybridized carbons (Fsp3) is 0.316. The number of ketones is 1. The lowest BCUT2D eigenvalue weighted by molar-refractivity contribution is -0.158. The molecule has 2 aromatic carbocycles. The Balaban J connectivity index is 1.80. The van der Waals surface area contributed by atoms with E-state index in [2.05, 4.69) is 36.5 Å². The minimum atomic E-state index is -0.477. The quantitative estimate of drug-likeness (QED) is 0.911. The van der Waals surface area contributed by atoms with E-state index in [1.807, 2.05) is 36.4 Å². The summed E-state index contributed by atoms with van der Waals surface area (Å²) in [4.78, 5) is 13.2. The van der Waals surface area contributed by atoms with Gasteiger partial charge in [0.15, 0.2) is 5.78 Å². The molecular formula is C19H19NO. The average Bonchev–Trinajstić information content (AvgIpc) is 2.55. The summed E-state index contributed by atoms with van der Waals surface area (Å²) in [5, 5.41) is 3.67. The van der Waals surface area contributed by atoms with E-state index in [1.165, 1.54) is 0 Å². The molecule has 2 aliphatic heterocycles. The van der Waals surface area contributed by atoms with Crippen LogP contribution in [0.15, 0.2) is 60.7 Å². The van der Waals surface area contributed by atoms with Gasteiger partial charge < -0.3 is 0 Å². The Morgan fingerprint density at radius 3 is 1.67 bits per heavy atom. The van der Waals surface area contributed by atoms with Gasteiger partial charge in [0.2, 0.25) is 0 Å². The number of carbonyl (C=O) groups excluding carboxylic acids is 1. The van der Waals surface area contributed by atoms with Crippen LogP contribution in [0.3, 0.4) is 0 Å². The molecule has 2 nitrogen and oxygen atoms in total. The molecule has 3 aliphatic rings. The summed E-state index contributed by atoms with van der Waals surface area (Å²) in [5.41, 5.74) is 1.25. The predicted molar refractivity (Wildman–Crippen MR) is 82.8 cm³/mol. The second-order valence-electron chi connectivity index (χ2n) is 6.51. The lowest BCUT2D eigenvalue weighted by Gasteiger charge is -2.62. The molecule has 2 aromatic rings. The van der Waals surface area contributed by atoms with Crippen LogP contribution in [0, 0.1) is 5.92 Å². The lowest BCUT2D eigenvalue weighted by atomic mass is 9.53. The second kappa shape index (κ2) is 4.28. The van der Waals surface area contributed by atoms with Crippen molar-refractivity contribution in [2.75, 3.05) is 0 Å². The maximum atomic E-state index is 13.2. The molecule has 3 atom stereocenters. The zero-order valence-corrected chi connectivity index (χ0v) is 12.2. The molecule has 2 saturated heterocycles. The first-order valence-electron chi connectivity index (χ1n) is 7.63. The molecule has 2 heteroatoms. The third-order valence-electron chi connectivity index (χ3n) is 5.04.